The third-order valence-corrected chi connectivity index (χ3v) is 6.98. The molecule has 7 nitrogen and oxygen atoms in total. The van der Waals surface area contributed by atoms with E-state index in [0.29, 0.717) is 19.0 Å². The largest absolute Gasteiger partial charge is 0.494 e. The number of benzene rings is 3. The van der Waals surface area contributed by atoms with Crippen LogP contribution in [-0.4, -0.2) is 34.1 Å². The van der Waals surface area contributed by atoms with Crippen LogP contribution in [0.25, 0.3) is 0 Å². The zero-order chi connectivity index (χ0) is 25.4. The molecule has 0 unspecified atom stereocenters. The van der Waals surface area contributed by atoms with E-state index in [1.165, 1.54) is 24.3 Å². The summed E-state index contributed by atoms with van der Waals surface area (Å²) >= 11 is 0. The molecule has 0 aliphatic heterocycles. The molecule has 186 valence electrons. The third kappa shape index (κ3) is 6.73. The van der Waals surface area contributed by atoms with Crippen molar-refractivity contribution >= 4 is 21.6 Å². The van der Waals surface area contributed by atoms with Crippen molar-refractivity contribution in [3.8, 4) is 11.5 Å². The minimum atomic E-state index is -4.13. The first-order valence-electron chi connectivity index (χ1n) is 11.3. The lowest BCUT2D eigenvalue weighted by Crippen LogP contribution is -2.41. The van der Waals surface area contributed by atoms with Gasteiger partial charge in [-0.2, -0.15) is 0 Å². The molecule has 0 bridgehead atoms. The highest BCUT2D eigenvalue weighted by Gasteiger charge is 2.28. The molecule has 0 spiro atoms. The van der Waals surface area contributed by atoms with Crippen LogP contribution >= 0.6 is 0 Å². The molecule has 3 rings (SSSR count). The van der Waals surface area contributed by atoms with E-state index in [2.05, 4.69) is 5.32 Å². The van der Waals surface area contributed by atoms with Gasteiger partial charge in [0.05, 0.1) is 29.8 Å². The second kappa shape index (κ2) is 11.7. The van der Waals surface area contributed by atoms with Crippen molar-refractivity contribution in [1.82, 2.24) is 5.32 Å². The molecule has 3 aromatic rings. The van der Waals surface area contributed by atoms with Gasteiger partial charge in [0.25, 0.3) is 10.0 Å². The lowest BCUT2D eigenvalue weighted by molar-refractivity contribution is -0.120. The Morgan fingerprint density at radius 1 is 0.886 bits per heavy atom. The maximum atomic E-state index is 13.5. The zero-order valence-electron chi connectivity index (χ0n) is 19.9. The average molecular weight is 501 g/mol. The van der Waals surface area contributed by atoms with Gasteiger partial charge in [-0.3, -0.25) is 9.10 Å². The highest BCUT2D eigenvalue weighted by Crippen LogP contribution is 2.26. The predicted octanol–water partition coefficient (Wildman–Crippen LogP) is 4.70. The molecule has 3 aromatic carbocycles. The van der Waals surface area contributed by atoms with E-state index in [-0.39, 0.29) is 16.6 Å². The lowest BCUT2D eigenvalue weighted by Gasteiger charge is -2.25. The van der Waals surface area contributed by atoms with Crippen LogP contribution in [0.4, 0.5) is 10.1 Å². The minimum absolute atomic E-state index is 0.0161. The number of nitrogens with zero attached hydrogens (tertiary/aromatic N) is 1. The van der Waals surface area contributed by atoms with E-state index in [4.69, 9.17) is 9.47 Å². The number of carbonyl (C=O) groups is 1. The Morgan fingerprint density at radius 3 is 1.91 bits per heavy atom. The van der Waals surface area contributed by atoms with E-state index in [9.17, 15) is 17.6 Å². The lowest BCUT2D eigenvalue weighted by atomic mass is 10.1. The van der Waals surface area contributed by atoms with E-state index in [0.717, 1.165) is 27.8 Å². The van der Waals surface area contributed by atoms with Gasteiger partial charge >= 0.3 is 0 Å². The van der Waals surface area contributed by atoms with Gasteiger partial charge in [0.15, 0.2) is 0 Å². The Bertz CT molecular complexity index is 1210. The van der Waals surface area contributed by atoms with Gasteiger partial charge in [-0.25, -0.2) is 12.8 Å². The van der Waals surface area contributed by atoms with Crippen molar-refractivity contribution in [3.63, 3.8) is 0 Å². The highest BCUT2D eigenvalue weighted by atomic mass is 32.2. The van der Waals surface area contributed by atoms with E-state index in [1.807, 2.05) is 38.1 Å². The first kappa shape index (κ1) is 26.0. The van der Waals surface area contributed by atoms with Crippen molar-refractivity contribution in [2.45, 2.75) is 31.7 Å². The fourth-order valence-electron chi connectivity index (χ4n) is 3.44. The van der Waals surface area contributed by atoms with Crippen LogP contribution < -0.4 is 19.1 Å². The van der Waals surface area contributed by atoms with Crippen molar-refractivity contribution < 1.29 is 27.1 Å². The molecule has 0 aromatic heterocycles. The number of hydrogen-bond donors (Lipinski definition) is 1. The smallest absolute Gasteiger partial charge is 0.264 e. The van der Waals surface area contributed by atoms with Crippen LogP contribution in [0.5, 0.6) is 11.5 Å². The normalized spacial score (nSPS) is 12.0. The summed E-state index contributed by atoms with van der Waals surface area (Å²) in [7, 11) is -4.13. The topological polar surface area (TPSA) is 84.9 Å². The van der Waals surface area contributed by atoms with Gasteiger partial charge in [-0.05, 0) is 87.0 Å². The summed E-state index contributed by atoms with van der Waals surface area (Å²) in [5, 5.41) is 2.83. The number of sulfonamides is 1. The van der Waals surface area contributed by atoms with Crippen molar-refractivity contribution in [2.24, 2.45) is 0 Å². The van der Waals surface area contributed by atoms with Crippen LogP contribution in [0.15, 0.2) is 77.7 Å². The molecule has 9 heteroatoms. The second-order valence-corrected chi connectivity index (χ2v) is 9.55. The van der Waals surface area contributed by atoms with Gasteiger partial charge in [0.1, 0.15) is 23.9 Å². The van der Waals surface area contributed by atoms with Crippen LogP contribution in [0.3, 0.4) is 0 Å². The monoisotopic (exact) mass is 500 g/mol. The first-order valence-corrected chi connectivity index (χ1v) is 12.7. The number of halogens is 1. The highest BCUT2D eigenvalue weighted by molar-refractivity contribution is 7.92. The number of amides is 1. The van der Waals surface area contributed by atoms with Crippen molar-refractivity contribution in [1.29, 1.82) is 0 Å². The summed E-state index contributed by atoms with van der Waals surface area (Å²) in [6.07, 6.45) is 0. The summed E-state index contributed by atoms with van der Waals surface area (Å²) in [5.74, 6) is 0.228. The number of ether oxygens (including phenoxy) is 2. The predicted molar refractivity (Wildman–Crippen MR) is 133 cm³/mol. The molecule has 0 heterocycles. The van der Waals surface area contributed by atoms with Crippen LogP contribution in [0.1, 0.15) is 32.4 Å². The number of anilines is 1. The second-order valence-electron chi connectivity index (χ2n) is 7.68. The summed E-state index contributed by atoms with van der Waals surface area (Å²) in [6, 6.07) is 17.8. The number of hydrogen-bond acceptors (Lipinski definition) is 5. The van der Waals surface area contributed by atoms with Crippen molar-refractivity contribution in [3.05, 3.63) is 84.2 Å². The average Bonchev–Trinajstić information content (AvgIpc) is 2.84. The Labute approximate surface area is 205 Å². The Morgan fingerprint density at radius 2 is 1.40 bits per heavy atom. The van der Waals surface area contributed by atoms with Gasteiger partial charge in [-0.1, -0.05) is 12.1 Å². The molecular formula is C26H29FN2O5S. The summed E-state index contributed by atoms with van der Waals surface area (Å²) in [4.78, 5) is 12.9. The Kier molecular flexibility index (Phi) is 8.70. The molecule has 1 atom stereocenters. The van der Waals surface area contributed by atoms with Gasteiger partial charge in [0.2, 0.25) is 5.91 Å². The van der Waals surface area contributed by atoms with Crippen molar-refractivity contribution in [2.75, 3.05) is 24.1 Å². The molecule has 0 radical (unpaired) electrons. The Hall–Kier alpha value is -3.59. The number of rotatable bonds is 11. The SMILES string of the molecule is CCOc1ccc([C@@H](C)NC(=O)CN(c2ccc(F)cc2)S(=O)(=O)c2ccc(OCC)cc2)cc1. The van der Waals surface area contributed by atoms with Crippen LogP contribution in [-0.2, 0) is 14.8 Å². The summed E-state index contributed by atoms with van der Waals surface area (Å²) in [5.41, 5.74) is 1.01. The summed E-state index contributed by atoms with van der Waals surface area (Å²) in [6.45, 7) is 6.03. The molecule has 0 aliphatic carbocycles. The molecule has 0 saturated carbocycles. The number of carbonyl (C=O) groups excluding carboxylic acids is 1. The maximum absolute atomic E-state index is 13.5. The summed E-state index contributed by atoms with van der Waals surface area (Å²) < 4.78 is 52.2. The molecule has 0 saturated heterocycles. The molecular weight excluding hydrogens is 471 g/mol. The van der Waals surface area contributed by atoms with E-state index in [1.54, 1.807) is 19.1 Å². The van der Waals surface area contributed by atoms with E-state index >= 15 is 0 Å². The van der Waals surface area contributed by atoms with Crippen LogP contribution in [0, 0.1) is 5.82 Å². The first-order chi connectivity index (χ1) is 16.7. The molecule has 0 fully saturated rings. The molecule has 1 amide bonds. The molecule has 0 aliphatic rings. The van der Waals surface area contributed by atoms with Crippen LogP contribution in [0.2, 0.25) is 0 Å². The minimum Gasteiger partial charge on any atom is -0.494 e. The quantitative estimate of drug-likeness (QED) is 0.413. The standard InChI is InChI=1S/C26H29FN2O5S/c1-4-33-23-12-6-20(7-13-23)19(3)28-26(30)18-29(22-10-8-21(27)9-11-22)35(31,32)25-16-14-24(15-17-25)34-5-2/h6-17,19H,4-5,18H2,1-3H3,(H,28,30)/t19-/m1/s1. The Balaban J connectivity index is 1.83. The van der Waals surface area contributed by atoms with Gasteiger partial charge < -0.3 is 14.8 Å². The van der Waals surface area contributed by atoms with Gasteiger partial charge in [0, 0.05) is 0 Å². The molecule has 35 heavy (non-hydrogen) atoms. The van der Waals surface area contributed by atoms with E-state index < -0.39 is 28.3 Å². The number of nitrogens with one attached hydrogen (secondary N) is 1. The molecule has 1 N–H and O–H groups in total. The zero-order valence-corrected chi connectivity index (χ0v) is 20.7. The van der Waals surface area contributed by atoms with Gasteiger partial charge in [-0.15, -0.1) is 0 Å². The fourth-order valence-corrected chi connectivity index (χ4v) is 4.87. The maximum Gasteiger partial charge on any atom is 0.264 e. The third-order valence-electron chi connectivity index (χ3n) is 5.19. The fraction of sp³-hybridized carbons (Fsp3) is 0.269.